The number of hydrogen-bond acceptors (Lipinski definition) is 3. The zero-order valence-electron chi connectivity index (χ0n) is 8.68. The molecule has 0 atom stereocenters. The van der Waals surface area contributed by atoms with Crippen molar-refractivity contribution in [3.63, 3.8) is 0 Å². The third-order valence-corrected chi connectivity index (χ3v) is 1.42. The summed E-state index contributed by atoms with van der Waals surface area (Å²) in [5.74, 6) is 0. The maximum atomic E-state index is 5.21. The standard InChI is InChI=1S/C9H20O2S/c1-6-10-11-8(2,3)7-9(4,5)12/h12H,6-7H2,1-5H3. The molecule has 2 nitrogen and oxygen atoms in total. The van der Waals surface area contributed by atoms with Gasteiger partial charge in [-0.2, -0.15) is 12.6 Å². The zero-order valence-corrected chi connectivity index (χ0v) is 9.57. The van der Waals surface area contributed by atoms with Crippen LogP contribution in [0.25, 0.3) is 0 Å². The first kappa shape index (κ1) is 12.3. The van der Waals surface area contributed by atoms with E-state index in [0.29, 0.717) is 6.61 Å². The van der Waals surface area contributed by atoms with Crippen LogP contribution in [-0.2, 0) is 9.78 Å². The van der Waals surface area contributed by atoms with Gasteiger partial charge >= 0.3 is 0 Å². The first-order valence-electron chi connectivity index (χ1n) is 4.30. The van der Waals surface area contributed by atoms with Crippen molar-refractivity contribution in [1.82, 2.24) is 0 Å². The van der Waals surface area contributed by atoms with E-state index in [0.717, 1.165) is 6.42 Å². The van der Waals surface area contributed by atoms with Gasteiger partial charge in [0.15, 0.2) is 0 Å². The number of thiol groups is 1. The summed E-state index contributed by atoms with van der Waals surface area (Å²) >= 11 is 4.43. The smallest absolute Gasteiger partial charge is 0.0993 e. The second kappa shape index (κ2) is 4.49. The number of rotatable bonds is 5. The van der Waals surface area contributed by atoms with Gasteiger partial charge in [0.1, 0.15) is 0 Å². The summed E-state index contributed by atoms with van der Waals surface area (Å²) in [5, 5.41) is 0. The lowest BCUT2D eigenvalue weighted by Crippen LogP contribution is -2.32. The fraction of sp³-hybridized carbons (Fsp3) is 1.00. The SMILES string of the molecule is CCOOC(C)(C)CC(C)(C)S. The first-order chi connectivity index (χ1) is 5.27. The molecule has 0 aliphatic rings. The monoisotopic (exact) mass is 192 g/mol. The first-order valence-corrected chi connectivity index (χ1v) is 4.74. The molecular formula is C9H20O2S. The van der Waals surface area contributed by atoms with Crippen molar-refractivity contribution >= 4 is 12.6 Å². The van der Waals surface area contributed by atoms with E-state index in [2.05, 4.69) is 26.5 Å². The molecule has 0 amide bonds. The summed E-state index contributed by atoms with van der Waals surface area (Å²) in [6.45, 7) is 10.6. The van der Waals surface area contributed by atoms with Gasteiger partial charge in [-0.3, -0.25) is 0 Å². The highest BCUT2D eigenvalue weighted by molar-refractivity contribution is 7.81. The predicted molar refractivity (Wildman–Crippen MR) is 54.5 cm³/mol. The van der Waals surface area contributed by atoms with Crippen molar-refractivity contribution in [1.29, 1.82) is 0 Å². The minimum atomic E-state index is -0.263. The van der Waals surface area contributed by atoms with Crippen LogP contribution in [-0.4, -0.2) is 17.0 Å². The molecule has 0 aliphatic heterocycles. The zero-order chi connectivity index (χ0) is 9.83. The molecular weight excluding hydrogens is 172 g/mol. The van der Waals surface area contributed by atoms with Gasteiger partial charge in [0, 0.05) is 4.75 Å². The summed E-state index contributed by atoms with van der Waals surface area (Å²) in [5.41, 5.74) is -0.263. The molecule has 0 aliphatic carbocycles. The molecule has 0 spiro atoms. The van der Waals surface area contributed by atoms with E-state index in [9.17, 15) is 0 Å². The Labute approximate surface area is 81.0 Å². The van der Waals surface area contributed by atoms with Crippen LogP contribution in [0.15, 0.2) is 0 Å². The van der Waals surface area contributed by atoms with Crippen LogP contribution in [0.2, 0.25) is 0 Å². The Bertz CT molecular complexity index is 127. The van der Waals surface area contributed by atoms with Crippen LogP contribution in [0.4, 0.5) is 0 Å². The van der Waals surface area contributed by atoms with E-state index in [1.54, 1.807) is 0 Å². The van der Waals surface area contributed by atoms with Crippen LogP contribution < -0.4 is 0 Å². The second-order valence-electron chi connectivity index (χ2n) is 4.24. The molecule has 0 rings (SSSR count). The lowest BCUT2D eigenvalue weighted by molar-refractivity contribution is -0.352. The lowest BCUT2D eigenvalue weighted by atomic mass is 9.96. The van der Waals surface area contributed by atoms with Gasteiger partial charge in [-0.05, 0) is 27.2 Å². The van der Waals surface area contributed by atoms with Crippen LogP contribution >= 0.6 is 12.6 Å². The normalized spacial score (nSPS) is 13.5. The Morgan fingerprint density at radius 3 is 2.00 bits per heavy atom. The summed E-state index contributed by atoms with van der Waals surface area (Å²) in [6.07, 6.45) is 0.850. The van der Waals surface area contributed by atoms with E-state index < -0.39 is 0 Å². The van der Waals surface area contributed by atoms with E-state index in [-0.39, 0.29) is 10.3 Å². The quantitative estimate of drug-likeness (QED) is 0.410. The van der Waals surface area contributed by atoms with E-state index in [1.807, 2.05) is 20.8 Å². The Morgan fingerprint density at radius 1 is 1.17 bits per heavy atom. The Balaban J connectivity index is 3.86. The lowest BCUT2D eigenvalue weighted by Gasteiger charge is -2.30. The van der Waals surface area contributed by atoms with Gasteiger partial charge in [0.05, 0.1) is 12.2 Å². The largest absolute Gasteiger partial charge is 0.236 e. The highest BCUT2D eigenvalue weighted by Crippen LogP contribution is 2.27. The van der Waals surface area contributed by atoms with Crippen molar-refractivity contribution in [2.45, 2.75) is 51.4 Å². The van der Waals surface area contributed by atoms with Crippen LogP contribution in [0.5, 0.6) is 0 Å². The van der Waals surface area contributed by atoms with E-state index in [1.165, 1.54) is 0 Å². The van der Waals surface area contributed by atoms with Gasteiger partial charge in [-0.1, -0.05) is 13.8 Å². The minimum Gasteiger partial charge on any atom is -0.236 e. The van der Waals surface area contributed by atoms with Crippen LogP contribution in [0, 0.1) is 0 Å². The molecule has 3 heteroatoms. The van der Waals surface area contributed by atoms with Crippen molar-refractivity contribution in [2.75, 3.05) is 6.61 Å². The molecule has 0 radical (unpaired) electrons. The molecule has 0 aromatic heterocycles. The Hall–Kier alpha value is 0.270. The summed E-state index contributed by atoms with van der Waals surface area (Å²) < 4.78 is -0.0272. The molecule has 0 heterocycles. The Morgan fingerprint density at radius 2 is 1.67 bits per heavy atom. The second-order valence-corrected chi connectivity index (χ2v) is 5.45. The third kappa shape index (κ3) is 6.95. The van der Waals surface area contributed by atoms with Crippen LogP contribution in [0.3, 0.4) is 0 Å². The van der Waals surface area contributed by atoms with Gasteiger partial charge in [-0.25, -0.2) is 9.78 Å². The van der Waals surface area contributed by atoms with Crippen molar-refractivity contribution < 1.29 is 9.78 Å². The molecule has 12 heavy (non-hydrogen) atoms. The van der Waals surface area contributed by atoms with E-state index in [4.69, 9.17) is 9.78 Å². The fourth-order valence-electron chi connectivity index (χ4n) is 1.29. The van der Waals surface area contributed by atoms with Crippen molar-refractivity contribution in [3.8, 4) is 0 Å². The maximum Gasteiger partial charge on any atom is 0.0993 e. The molecule has 0 aromatic rings. The minimum absolute atomic E-state index is 0.0272. The molecule has 0 unspecified atom stereocenters. The highest BCUT2D eigenvalue weighted by Gasteiger charge is 2.27. The Kier molecular flexibility index (Phi) is 4.59. The maximum absolute atomic E-state index is 5.21. The molecule has 0 aromatic carbocycles. The van der Waals surface area contributed by atoms with Gasteiger partial charge in [-0.15, -0.1) is 0 Å². The number of hydrogen-bond donors (Lipinski definition) is 1. The average molecular weight is 192 g/mol. The fourth-order valence-corrected chi connectivity index (χ4v) is 1.67. The molecule has 0 bridgehead atoms. The van der Waals surface area contributed by atoms with Crippen molar-refractivity contribution in [2.24, 2.45) is 0 Å². The molecule has 0 N–H and O–H groups in total. The predicted octanol–water partition coefficient (Wildman–Crippen LogP) is 2.83. The molecule has 74 valence electrons. The van der Waals surface area contributed by atoms with Crippen LogP contribution in [0.1, 0.15) is 41.0 Å². The van der Waals surface area contributed by atoms with Gasteiger partial charge in [0.25, 0.3) is 0 Å². The molecule has 0 saturated carbocycles. The molecule has 0 saturated heterocycles. The molecule has 0 fully saturated rings. The van der Waals surface area contributed by atoms with Gasteiger partial charge in [0.2, 0.25) is 0 Å². The van der Waals surface area contributed by atoms with Gasteiger partial charge < -0.3 is 0 Å². The summed E-state index contributed by atoms with van der Waals surface area (Å²) in [6, 6.07) is 0. The topological polar surface area (TPSA) is 18.5 Å². The third-order valence-electron chi connectivity index (χ3n) is 1.26. The average Bonchev–Trinajstić information content (AvgIpc) is 1.78. The summed E-state index contributed by atoms with van der Waals surface area (Å²) in [4.78, 5) is 10.1. The summed E-state index contributed by atoms with van der Waals surface area (Å²) in [7, 11) is 0. The van der Waals surface area contributed by atoms with Crippen molar-refractivity contribution in [3.05, 3.63) is 0 Å². The highest BCUT2D eigenvalue weighted by atomic mass is 32.1. The van der Waals surface area contributed by atoms with E-state index >= 15 is 0 Å².